The van der Waals surface area contributed by atoms with Crippen LogP contribution in [0, 0.1) is 5.82 Å². The van der Waals surface area contributed by atoms with Crippen molar-refractivity contribution in [1.29, 1.82) is 0 Å². The van der Waals surface area contributed by atoms with E-state index in [1.807, 2.05) is 0 Å². The third kappa shape index (κ3) is 3.17. The molecule has 2 aromatic rings. The summed E-state index contributed by atoms with van der Waals surface area (Å²) < 4.78 is 19.2. The van der Waals surface area contributed by atoms with Crippen LogP contribution in [0.1, 0.15) is 5.56 Å². The molecule has 0 saturated heterocycles. The summed E-state index contributed by atoms with van der Waals surface area (Å²) in [6.45, 7) is 0.282. The minimum absolute atomic E-state index is 0.282. The topological polar surface area (TPSA) is 48.1 Å². The number of hydrogen-bond acceptors (Lipinski definition) is 3. The van der Waals surface area contributed by atoms with Crippen LogP contribution in [0.3, 0.4) is 0 Å². The Hall–Kier alpha value is -1.62. The molecule has 1 aromatic heterocycles. The van der Waals surface area contributed by atoms with E-state index in [0.29, 0.717) is 11.4 Å². The van der Waals surface area contributed by atoms with Crippen LogP contribution in [0.15, 0.2) is 41.1 Å². The molecule has 5 heteroatoms. The molecule has 17 heavy (non-hydrogen) atoms. The van der Waals surface area contributed by atoms with E-state index in [4.69, 9.17) is 10.5 Å². The number of pyridine rings is 1. The number of aromatic nitrogens is 1. The van der Waals surface area contributed by atoms with E-state index in [-0.39, 0.29) is 12.4 Å². The van der Waals surface area contributed by atoms with Crippen LogP contribution in [0.5, 0.6) is 5.75 Å². The van der Waals surface area contributed by atoms with Gasteiger partial charge in [-0.2, -0.15) is 0 Å². The van der Waals surface area contributed by atoms with E-state index in [1.165, 1.54) is 12.1 Å². The predicted molar refractivity (Wildman–Crippen MR) is 67.1 cm³/mol. The van der Waals surface area contributed by atoms with Crippen molar-refractivity contribution in [3.63, 3.8) is 0 Å². The summed E-state index contributed by atoms with van der Waals surface area (Å²) in [7, 11) is 0. The molecule has 0 aliphatic rings. The Kier molecular flexibility index (Phi) is 3.58. The van der Waals surface area contributed by atoms with E-state index < -0.39 is 0 Å². The highest BCUT2D eigenvalue weighted by Gasteiger charge is 2.02. The molecule has 1 heterocycles. The number of hydrogen-bond donors (Lipinski definition) is 1. The number of nitrogen functional groups attached to an aromatic ring is 1. The molecule has 1 aromatic carbocycles. The van der Waals surface area contributed by atoms with Crippen molar-refractivity contribution in [2.45, 2.75) is 6.61 Å². The number of ether oxygens (including phenoxy) is 1. The maximum Gasteiger partial charge on any atom is 0.139 e. The van der Waals surface area contributed by atoms with Crippen LogP contribution in [-0.4, -0.2) is 4.98 Å². The van der Waals surface area contributed by atoms with E-state index in [0.717, 1.165) is 10.0 Å². The van der Waals surface area contributed by atoms with Crippen LogP contribution in [-0.2, 0) is 6.61 Å². The fourth-order valence-corrected chi connectivity index (χ4v) is 1.67. The van der Waals surface area contributed by atoms with E-state index in [1.54, 1.807) is 24.5 Å². The summed E-state index contributed by atoms with van der Waals surface area (Å²) in [6, 6.07) is 6.04. The molecule has 0 fully saturated rings. The van der Waals surface area contributed by atoms with Gasteiger partial charge in [0, 0.05) is 21.9 Å². The van der Waals surface area contributed by atoms with Gasteiger partial charge in [-0.1, -0.05) is 6.07 Å². The Morgan fingerprint density at radius 3 is 2.82 bits per heavy atom. The number of benzene rings is 1. The quantitative estimate of drug-likeness (QED) is 0.885. The lowest BCUT2D eigenvalue weighted by Gasteiger charge is -2.08. The SMILES string of the molecule is Nc1cc(F)ccc1COc1cncc(Br)c1. The van der Waals surface area contributed by atoms with Crippen molar-refractivity contribution in [3.8, 4) is 5.75 Å². The largest absolute Gasteiger partial charge is 0.487 e. The summed E-state index contributed by atoms with van der Waals surface area (Å²) in [4.78, 5) is 3.97. The van der Waals surface area contributed by atoms with Gasteiger partial charge in [-0.15, -0.1) is 0 Å². The molecular weight excluding hydrogens is 287 g/mol. The van der Waals surface area contributed by atoms with Gasteiger partial charge in [0.25, 0.3) is 0 Å². The Balaban J connectivity index is 2.07. The second-order valence-electron chi connectivity index (χ2n) is 3.47. The lowest BCUT2D eigenvalue weighted by Crippen LogP contribution is -2.00. The fraction of sp³-hybridized carbons (Fsp3) is 0.0833. The molecule has 0 amide bonds. The van der Waals surface area contributed by atoms with Gasteiger partial charge in [0.1, 0.15) is 18.2 Å². The molecule has 0 aliphatic heterocycles. The molecule has 0 saturated carbocycles. The number of rotatable bonds is 3. The Bertz CT molecular complexity index is 534. The number of halogens is 2. The first-order chi connectivity index (χ1) is 8.15. The zero-order valence-electron chi connectivity index (χ0n) is 8.86. The lowest BCUT2D eigenvalue weighted by atomic mass is 10.2. The van der Waals surface area contributed by atoms with Crippen LogP contribution >= 0.6 is 15.9 Å². The second kappa shape index (κ2) is 5.14. The third-order valence-electron chi connectivity index (χ3n) is 2.18. The second-order valence-corrected chi connectivity index (χ2v) is 4.39. The maximum absolute atomic E-state index is 12.8. The van der Waals surface area contributed by atoms with Gasteiger partial charge < -0.3 is 10.5 Å². The van der Waals surface area contributed by atoms with Crippen molar-refractivity contribution < 1.29 is 9.13 Å². The van der Waals surface area contributed by atoms with E-state index in [2.05, 4.69) is 20.9 Å². The van der Waals surface area contributed by atoms with Gasteiger partial charge in [-0.3, -0.25) is 4.98 Å². The van der Waals surface area contributed by atoms with Crippen LogP contribution in [0.4, 0.5) is 10.1 Å². The van der Waals surface area contributed by atoms with Crippen molar-refractivity contribution in [2.75, 3.05) is 5.73 Å². The average Bonchev–Trinajstić information content (AvgIpc) is 2.28. The molecule has 2 rings (SSSR count). The van der Waals surface area contributed by atoms with Gasteiger partial charge in [-0.25, -0.2) is 4.39 Å². The minimum Gasteiger partial charge on any atom is -0.487 e. The molecular formula is C12H10BrFN2O. The van der Waals surface area contributed by atoms with Gasteiger partial charge in [0.05, 0.1) is 6.20 Å². The van der Waals surface area contributed by atoms with Crippen molar-refractivity contribution >= 4 is 21.6 Å². The van der Waals surface area contributed by atoms with Crippen molar-refractivity contribution in [2.24, 2.45) is 0 Å². The van der Waals surface area contributed by atoms with Gasteiger partial charge >= 0.3 is 0 Å². The summed E-state index contributed by atoms with van der Waals surface area (Å²) in [6.07, 6.45) is 3.27. The van der Waals surface area contributed by atoms with Crippen molar-refractivity contribution in [1.82, 2.24) is 4.98 Å². The highest BCUT2D eigenvalue weighted by Crippen LogP contribution is 2.19. The first-order valence-corrected chi connectivity index (χ1v) is 5.72. The van der Waals surface area contributed by atoms with Gasteiger partial charge in [-0.05, 0) is 34.1 Å². The van der Waals surface area contributed by atoms with Gasteiger partial charge in [0.2, 0.25) is 0 Å². The van der Waals surface area contributed by atoms with E-state index in [9.17, 15) is 4.39 Å². The standard InChI is InChI=1S/C12H10BrFN2O/c13-9-3-11(6-16-5-9)17-7-8-1-2-10(14)4-12(8)15/h1-6H,7,15H2. The number of anilines is 1. The zero-order chi connectivity index (χ0) is 12.3. The molecule has 0 spiro atoms. The third-order valence-corrected chi connectivity index (χ3v) is 2.62. The number of nitrogens with zero attached hydrogens (tertiary/aromatic N) is 1. The predicted octanol–water partition coefficient (Wildman–Crippen LogP) is 3.14. The summed E-state index contributed by atoms with van der Waals surface area (Å²) >= 11 is 3.30. The fourth-order valence-electron chi connectivity index (χ4n) is 1.33. The molecule has 88 valence electrons. The Labute approximate surface area is 107 Å². The molecule has 0 bridgehead atoms. The highest BCUT2D eigenvalue weighted by molar-refractivity contribution is 9.10. The molecule has 0 radical (unpaired) electrons. The van der Waals surface area contributed by atoms with Gasteiger partial charge in [0.15, 0.2) is 0 Å². The molecule has 3 nitrogen and oxygen atoms in total. The summed E-state index contributed by atoms with van der Waals surface area (Å²) in [5.74, 6) is 0.276. The molecule has 2 N–H and O–H groups in total. The smallest absolute Gasteiger partial charge is 0.139 e. The van der Waals surface area contributed by atoms with E-state index >= 15 is 0 Å². The zero-order valence-corrected chi connectivity index (χ0v) is 10.4. The monoisotopic (exact) mass is 296 g/mol. The Morgan fingerprint density at radius 1 is 1.29 bits per heavy atom. The molecule has 0 aliphatic carbocycles. The minimum atomic E-state index is -0.352. The summed E-state index contributed by atoms with van der Waals surface area (Å²) in [5.41, 5.74) is 6.79. The summed E-state index contributed by atoms with van der Waals surface area (Å²) in [5, 5.41) is 0. The van der Waals surface area contributed by atoms with Crippen LogP contribution in [0.2, 0.25) is 0 Å². The number of nitrogens with two attached hydrogens (primary N) is 1. The molecule has 0 atom stereocenters. The Morgan fingerprint density at radius 2 is 2.12 bits per heavy atom. The first kappa shape index (κ1) is 11.9. The lowest BCUT2D eigenvalue weighted by molar-refractivity contribution is 0.305. The first-order valence-electron chi connectivity index (χ1n) is 4.92. The maximum atomic E-state index is 12.8. The average molecular weight is 297 g/mol. The van der Waals surface area contributed by atoms with Crippen LogP contribution < -0.4 is 10.5 Å². The van der Waals surface area contributed by atoms with Crippen LogP contribution in [0.25, 0.3) is 0 Å². The molecule has 0 unspecified atom stereocenters. The highest BCUT2D eigenvalue weighted by atomic mass is 79.9. The normalized spacial score (nSPS) is 10.2. The van der Waals surface area contributed by atoms with Crippen molar-refractivity contribution in [3.05, 3.63) is 52.5 Å².